The fourth-order valence-electron chi connectivity index (χ4n) is 2.82. The predicted molar refractivity (Wildman–Crippen MR) is 83.5 cm³/mol. The number of likely N-dealkylation sites (tertiary alicyclic amines) is 1. The molecule has 0 aromatic carbocycles. The second kappa shape index (κ2) is 7.38. The Labute approximate surface area is 127 Å². The molecule has 1 aromatic heterocycles. The lowest BCUT2D eigenvalue weighted by Crippen LogP contribution is -2.43. The topological polar surface area (TPSA) is 58.4 Å². The Kier molecular flexibility index (Phi) is 5.78. The summed E-state index contributed by atoms with van der Waals surface area (Å²) in [6, 6.07) is 2.41. The maximum atomic E-state index is 11.8. The van der Waals surface area contributed by atoms with Gasteiger partial charge in [0.1, 0.15) is 0 Å². The van der Waals surface area contributed by atoms with Gasteiger partial charge in [0, 0.05) is 32.5 Å². The van der Waals surface area contributed by atoms with E-state index < -0.39 is 10.0 Å². The predicted octanol–water partition coefficient (Wildman–Crippen LogP) is 1.02. The molecule has 1 atom stereocenters. The first kappa shape index (κ1) is 16.5. The molecule has 0 bridgehead atoms. The molecule has 0 spiro atoms. The van der Waals surface area contributed by atoms with E-state index in [9.17, 15) is 8.42 Å². The van der Waals surface area contributed by atoms with Gasteiger partial charge < -0.3 is 0 Å². The summed E-state index contributed by atoms with van der Waals surface area (Å²) in [5.41, 5.74) is 0. The van der Waals surface area contributed by atoms with Crippen LogP contribution >= 0.6 is 0 Å². The van der Waals surface area contributed by atoms with E-state index in [1.807, 2.05) is 16.9 Å². The molecule has 0 unspecified atom stereocenters. The molecule has 2 rings (SSSR count). The third-order valence-corrected chi connectivity index (χ3v) is 6.03. The molecule has 1 aromatic rings. The molecule has 6 nitrogen and oxygen atoms in total. The Balaban J connectivity index is 1.84. The van der Waals surface area contributed by atoms with Crippen LogP contribution in [0.1, 0.15) is 25.7 Å². The summed E-state index contributed by atoms with van der Waals surface area (Å²) < 4.78 is 26.9. The van der Waals surface area contributed by atoms with Crippen molar-refractivity contribution in [2.45, 2.75) is 38.3 Å². The summed E-state index contributed by atoms with van der Waals surface area (Å²) in [5, 5.41) is 4.27. The molecule has 0 N–H and O–H groups in total. The summed E-state index contributed by atoms with van der Waals surface area (Å²) in [5.74, 6) is 0.227. The van der Waals surface area contributed by atoms with E-state index >= 15 is 0 Å². The lowest BCUT2D eigenvalue weighted by atomic mass is 10.0. The lowest BCUT2D eigenvalue weighted by Gasteiger charge is -2.35. The molecular weight excluding hydrogens is 288 g/mol. The van der Waals surface area contributed by atoms with Crippen molar-refractivity contribution in [1.82, 2.24) is 19.0 Å². The number of piperidine rings is 1. The van der Waals surface area contributed by atoms with Gasteiger partial charge in [-0.15, -0.1) is 0 Å². The zero-order valence-corrected chi connectivity index (χ0v) is 13.8. The average molecular weight is 314 g/mol. The molecule has 2 heterocycles. The molecule has 1 saturated heterocycles. The van der Waals surface area contributed by atoms with E-state index in [0.717, 1.165) is 19.6 Å². The minimum Gasteiger partial charge on any atom is -0.299 e. The van der Waals surface area contributed by atoms with Crippen LogP contribution in [-0.2, 0) is 16.6 Å². The highest BCUT2D eigenvalue weighted by molar-refractivity contribution is 7.89. The van der Waals surface area contributed by atoms with Crippen LogP contribution in [0.3, 0.4) is 0 Å². The highest BCUT2D eigenvalue weighted by Crippen LogP contribution is 2.18. The molecule has 7 heteroatoms. The Hall–Kier alpha value is -0.920. The van der Waals surface area contributed by atoms with Crippen LogP contribution in [0, 0.1) is 0 Å². The van der Waals surface area contributed by atoms with Crippen molar-refractivity contribution >= 4 is 10.0 Å². The molecule has 0 amide bonds. The average Bonchev–Trinajstić information content (AvgIpc) is 2.93. The minimum absolute atomic E-state index is 0.227. The maximum absolute atomic E-state index is 11.8. The van der Waals surface area contributed by atoms with Gasteiger partial charge in [0.25, 0.3) is 0 Å². The van der Waals surface area contributed by atoms with Crippen molar-refractivity contribution in [2.75, 3.05) is 32.9 Å². The van der Waals surface area contributed by atoms with Gasteiger partial charge in [-0.3, -0.25) is 9.58 Å². The second-order valence-electron chi connectivity index (χ2n) is 5.87. The fourth-order valence-corrected chi connectivity index (χ4v) is 3.68. The van der Waals surface area contributed by atoms with Crippen LogP contribution in [0.5, 0.6) is 0 Å². The van der Waals surface area contributed by atoms with E-state index in [2.05, 4.69) is 10.00 Å². The van der Waals surface area contributed by atoms with Crippen LogP contribution in [0.15, 0.2) is 18.5 Å². The highest BCUT2D eigenvalue weighted by atomic mass is 32.2. The molecule has 0 aliphatic carbocycles. The van der Waals surface area contributed by atoms with Crippen LogP contribution in [0.2, 0.25) is 0 Å². The first-order valence-corrected chi connectivity index (χ1v) is 9.21. The Morgan fingerprint density at radius 3 is 2.81 bits per heavy atom. The van der Waals surface area contributed by atoms with Crippen LogP contribution in [0.4, 0.5) is 0 Å². The van der Waals surface area contributed by atoms with Crippen molar-refractivity contribution < 1.29 is 8.42 Å². The molecule has 1 fully saturated rings. The Morgan fingerprint density at radius 2 is 2.14 bits per heavy atom. The van der Waals surface area contributed by atoms with Gasteiger partial charge >= 0.3 is 0 Å². The molecule has 21 heavy (non-hydrogen) atoms. The zero-order valence-electron chi connectivity index (χ0n) is 13.0. The van der Waals surface area contributed by atoms with E-state index in [1.165, 1.54) is 23.6 Å². The van der Waals surface area contributed by atoms with Crippen LogP contribution in [-0.4, -0.2) is 66.4 Å². The summed E-state index contributed by atoms with van der Waals surface area (Å²) in [7, 11) is 0.111. The van der Waals surface area contributed by atoms with Gasteiger partial charge in [-0.05, 0) is 38.4 Å². The molecular formula is C14H26N4O2S. The maximum Gasteiger partial charge on any atom is 0.213 e. The number of rotatable bonds is 7. The van der Waals surface area contributed by atoms with E-state index in [1.54, 1.807) is 20.3 Å². The van der Waals surface area contributed by atoms with Gasteiger partial charge in [-0.25, -0.2) is 12.7 Å². The number of hydrogen-bond acceptors (Lipinski definition) is 4. The fraction of sp³-hybridized carbons (Fsp3) is 0.786. The molecule has 120 valence electrons. The van der Waals surface area contributed by atoms with E-state index in [4.69, 9.17) is 0 Å². The molecule has 1 aliphatic heterocycles. The van der Waals surface area contributed by atoms with Crippen molar-refractivity contribution in [3.63, 3.8) is 0 Å². The van der Waals surface area contributed by atoms with Gasteiger partial charge in [-0.1, -0.05) is 6.42 Å². The largest absolute Gasteiger partial charge is 0.299 e. The third-order valence-electron chi connectivity index (χ3n) is 4.11. The third kappa shape index (κ3) is 4.79. The summed E-state index contributed by atoms with van der Waals surface area (Å²) in [4.78, 5) is 2.43. The highest BCUT2D eigenvalue weighted by Gasteiger charge is 2.23. The molecule has 0 radical (unpaired) electrons. The lowest BCUT2D eigenvalue weighted by molar-refractivity contribution is 0.130. The van der Waals surface area contributed by atoms with Crippen molar-refractivity contribution in [1.29, 1.82) is 0 Å². The molecule has 0 saturated carbocycles. The first-order chi connectivity index (χ1) is 9.99. The van der Waals surface area contributed by atoms with Gasteiger partial charge in [0.05, 0.1) is 12.3 Å². The monoisotopic (exact) mass is 314 g/mol. The van der Waals surface area contributed by atoms with Crippen LogP contribution < -0.4 is 0 Å². The summed E-state index contributed by atoms with van der Waals surface area (Å²) >= 11 is 0. The normalized spacial score (nSPS) is 21.0. The quantitative estimate of drug-likeness (QED) is 0.754. The van der Waals surface area contributed by atoms with Gasteiger partial charge in [-0.2, -0.15) is 5.10 Å². The number of aromatic nitrogens is 2. The summed E-state index contributed by atoms with van der Waals surface area (Å²) in [6.45, 7) is 2.81. The minimum atomic E-state index is -3.08. The van der Waals surface area contributed by atoms with Crippen molar-refractivity contribution in [3.8, 4) is 0 Å². The van der Waals surface area contributed by atoms with Crippen LogP contribution in [0.25, 0.3) is 0 Å². The first-order valence-electron chi connectivity index (χ1n) is 7.61. The smallest absolute Gasteiger partial charge is 0.213 e. The van der Waals surface area contributed by atoms with Crippen molar-refractivity contribution in [3.05, 3.63) is 18.5 Å². The van der Waals surface area contributed by atoms with Gasteiger partial charge in [0.15, 0.2) is 0 Å². The van der Waals surface area contributed by atoms with E-state index in [0.29, 0.717) is 12.5 Å². The SMILES string of the molecule is CN(C)S(=O)(=O)CCCN1CCCC[C@H]1Cn1cccn1. The number of hydrogen-bond donors (Lipinski definition) is 0. The summed E-state index contributed by atoms with van der Waals surface area (Å²) in [6.07, 6.45) is 8.10. The Morgan fingerprint density at radius 1 is 1.33 bits per heavy atom. The van der Waals surface area contributed by atoms with E-state index in [-0.39, 0.29) is 5.75 Å². The zero-order chi connectivity index (χ0) is 15.3. The molecule has 1 aliphatic rings. The second-order valence-corrected chi connectivity index (χ2v) is 8.17. The number of sulfonamides is 1. The van der Waals surface area contributed by atoms with Gasteiger partial charge in [0.2, 0.25) is 10.0 Å². The standard InChI is InChI=1S/C14H26N4O2S/c1-16(2)21(19,20)12-6-10-17-9-4-3-7-14(17)13-18-11-5-8-15-18/h5,8,11,14H,3-4,6-7,9-10,12-13H2,1-2H3/t14-/m0/s1. The van der Waals surface area contributed by atoms with Crippen molar-refractivity contribution in [2.24, 2.45) is 0 Å². The number of nitrogens with zero attached hydrogens (tertiary/aromatic N) is 4. The Bertz CT molecular complexity index is 513.